The Morgan fingerprint density at radius 2 is 1.89 bits per heavy atom. The molecule has 106 valence electrons. The van der Waals surface area contributed by atoms with Crippen molar-refractivity contribution in [3.63, 3.8) is 0 Å². The largest absolute Gasteiger partial charge is 0.491 e. The van der Waals surface area contributed by atoms with Gasteiger partial charge in [-0.15, -0.1) is 0 Å². The molecule has 0 N–H and O–H groups in total. The van der Waals surface area contributed by atoms with E-state index >= 15 is 0 Å². The van der Waals surface area contributed by atoms with Crippen LogP contribution in [0.5, 0.6) is 5.75 Å². The van der Waals surface area contributed by atoms with E-state index in [-0.39, 0.29) is 5.82 Å². The zero-order valence-corrected chi connectivity index (χ0v) is 12.1. The lowest BCUT2D eigenvalue weighted by Crippen LogP contribution is -2.12. The number of hydrogen-bond donors (Lipinski definition) is 0. The summed E-state index contributed by atoms with van der Waals surface area (Å²) in [6, 6.07) is 5.53. The van der Waals surface area contributed by atoms with E-state index in [0.717, 1.165) is 17.9 Å². The molecule has 0 aromatic heterocycles. The maximum atomic E-state index is 13.9. The standard InChI is InChI=1S/C17H25FO/c1-3-11-19-17-10-9-15(12-16(17)18)14-7-5-13(4-2)6-8-14/h9-10,12-14H,3-8,11H2,1-2H3/t13-,14-. The molecule has 1 aromatic carbocycles. The molecular weight excluding hydrogens is 239 g/mol. The Labute approximate surface area is 116 Å². The maximum Gasteiger partial charge on any atom is 0.165 e. The zero-order chi connectivity index (χ0) is 13.7. The van der Waals surface area contributed by atoms with Gasteiger partial charge in [0.2, 0.25) is 0 Å². The summed E-state index contributed by atoms with van der Waals surface area (Å²) in [4.78, 5) is 0. The van der Waals surface area contributed by atoms with Crippen molar-refractivity contribution >= 4 is 0 Å². The molecule has 0 bridgehead atoms. The first-order valence-electron chi connectivity index (χ1n) is 7.66. The lowest BCUT2D eigenvalue weighted by atomic mass is 9.78. The third kappa shape index (κ3) is 3.71. The molecule has 0 saturated heterocycles. The van der Waals surface area contributed by atoms with Gasteiger partial charge in [0, 0.05) is 0 Å². The Hall–Kier alpha value is -1.05. The highest BCUT2D eigenvalue weighted by molar-refractivity contribution is 5.31. The lowest BCUT2D eigenvalue weighted by Gasteiger charge is -2.28. The van der Waals surface area contributed by atoms with Crippen LogP contribution in [0.1, 0.15) is 63.9 Å². The monoisotopic (exact) mass is 264 g/mol. The van der Waals surface area contributed by atoms with Crippen LogP contribution in [0.4, 0.5) is 4.39 Å². The van der Waals surface area contributed by atoms with Crippen molar-refractivity contribution in [2.24, 2.45) is 5.92 Å². The highest BCUT2D eigenvalue weighted by Crippen LogP contribution is 2.37. The normalized spacial score (nSPS) is 23.3. The van der Waals surface area contributed by atoms with Gasteiger partial charge in [-0.05, 0) is 61.6 Å². The van der Waals surface area contributed by atoms with Gasteiger partial charge in [0.25, 0.3) is 0 Å². The van der Waals surface area contributed by atoms with E-state index in [0.29, 0.717) is 18.3 Å². The van der Waals surface area contributed by atoms with Gasteiger partial charge in [0.1, 0.15) is 0 Å². The summed E-state index contributed by atoms with van der Waals surface area (Å²) < 4.78 is 19.3. The Balaban J connectivity index is 1.99. The van der Waals surface area contributed by atoms with Crippen LogP contribution in [-0.4, -0.2) is 6.61 Å². The van der Waals surface area contributed by atoms with Gasteiger partial charge in [-0.3, -0.25) is 0 Å². The summed E-state index contributed by atoms with van der Waals surface area (Å²) in [7, 11) is 0. The second kappa shape index (κ2) is 6.93. The third-order valence-corrected chi connectivity index (χ3v) is 4.31. The lowest BCUT2D eigenvalue weighted by molar-refractivity contribution is 0.299. The van der Waals surface area contributed by atoms with Crippen molar-refractivity contribution in [1.29, 1.82) is 0 Å². The van der Waals surface area contributed by atoms with Gasteiger partial charge in [-0.1, -0.05) is 26.3 Å². The summed E-state index contributed by atoms with van der Waals surface area (Å²) in [5.74, 6) is 1.61. The molecule has 19 heavy (non-hydrogen) atoms. The van der Waals surface area contributed by atoms with Crippen LogP contribution in [0, 0.1) is 11.7 Å². The second-order valence-electron chi connectivity index (χ2n) is 5.66. The third-order valence-electron chi connectivity index (χ3n) is 4.31. The van der Waals surface area contributed by atoms with E-state index in [4.69, 9.17) is 4.74 Å². The van der Waals surface area contributed by atoms with Gasteiger partial charge in [-0.2, -0.15) is 0 Å². The van der Waals surface area contributed by atoms with Crippen LogP contribution in [0.2, 0.25) is 0 Å². The molecule has 0 aliphatic heterocycles. The molecule has 2 rings (SSSR count). The van der Waals surface area contributed by atoms with E-state index in [1.54, 1.807) is 12.1 Å². The molecule has 0 spiro atoms. The Morgan fingerprint density at radius 3 is 2.47 bits per heavy atom. The van der Waals surface area contributed by atoms with Crippen LogP contribution >= 0.6 is 0 Å². The number of rotatable bonds is 5. The minimum atomic E-state index is -0.205. The maximum absolute atomic E-state index is 13.9. The smallest absolute Gasteiger partial charge is 0.165 e. The molecule has 0 unspecified atom stereocenters. The topological polar surface area (TPSA) is 9.23 Å². The quantitative estimate of drug-likeness (QED) is 0.701. The molecule has 0 radical (unpaired) electrons. The number of halogens is 1. The molecule has 1 saturated carbocycles. The van der Waals surface area contributed by atoms with Crippen LogP contribution in [0.15, 0.2) is 18.2 Å². The molecule has 0 amide bonds. The molecule has 1 aromatic rings. The Kier molecular flexibility index (Phi) is 5.24. The zero-order valence-electron chi connectivity index (χ0n) is 12.1. The van der Waals surface area contributed by atoms with E-state index in [1.165, 1.54) is 32.1 Å². The minimum Gasteiger partial charge on any atom is -0.491 e. The molecule has 0 heterocycles. The van der Waals surface area contributed by atoms with Crippen molar-refractivity contribution < 1.29 is 9.13 Å². The van der Waals surface area contributed by atoms with Crippen molar-refractivity contribution in [3.05, 3.63) is 29.6 Å². The average molecular weight is 264 g/mol. The Bertz CT molecular complexity index is 394. The van der Waals surface area contributed by atoms with Gasteiger partial charge >= 0.3 is 0 Å². The summed E-state index contributed by atoms with van der Waals surface area (Å²) in [6.07, 6.45) is 7.17. The van der Waals surface area contributed by atoms with Crippen molar-refractivity contribution in [2.75, 3.05) is 6.61 Å². The van der Waals surface area contributed by atoms with Crippen LogP contribution in [-0.2, 0) is 0 Å². The van der Waals surface area contributed by atoms with Crippen LogP contribution < -0.4 is 4.74 Å². The summed E-state index contributed by atoms with van der Waals surface area (Å²) >= 11 is 0. The van der Waals surface area contributed by atoms with Gasteiger partial charge < -0.3 is 4.74 Å². The number of benzene rings is 1. The van der Waals surface area contributed by atoms with Crippen LogP contribution in [0.3, 0.4) is 0 Å². The van der Waals surface area contributed by atoms with Crippen molar-refractivity contribution in [2.45, 2.75) is 58.3 Å². The fourth-order valence-corrected chi connectivity index (χ4v) is 3.00. The minimum absolute atomic E-state index is 0.205. The van der Waals surface area contributed by atoms with Gasteiger partial charge in [0.05, 0.1) is 6.61 Å². The SMILES string of the molecule is CCCOc1ccc([C@H]2CC[C@H](CC)CC2)cc1F. The summed E-state index contributed by atoms with van der Waals surface area (Å²) in [5.41, 5.74) is 1.15. The second-order valence-corrected chi connectivity index (χ2v) is 5.66. The van der Waals surface area contributed by atoms with E-state index in [2.05, 4.69) is 6.92 Å². The van der Waals surface area contributed by atoms with E-state index in [1.807, 2.05) is 13.0 Å². The van der Waals surface area contributed by atoms with Crippen molar-refractivity contribution in [1.82, 2.24) is 0 Å². The highest BCUT2D eigenvalue weighted by atomic mass is 19.1. The van der Waals surface area contributed by atoms with E-state index < -0.39 is 0 Å². The first-order chi connectivity index (χ1) is 9.24. The molecule has 2 heteroatoms. The molecule has 1 fully saturated rings. The fourth-order valence-electron chi connectivity index (χ4n) is 3.00. The fraction of sp³-hybridized carbons (Fsp3) is 0.647. The summed E-state index contributed by atoms with van der Waals surface area (Å²) in [6.45, 7) is 4.88. The average Bonchev–Trinajstić information content (AvgIpc) is 2.46. The summed E-state index contributed by atoms with van der Waals surface area (Å²) in [5, 5.41) is 0. The highest BCUT2D eigenvalue weighted by Gasteiger charge is 2.22. The first kappa shape index (κ1) is 14.4. The molecule has 1 aliphatic rings. The predicted octanol–water partition coefficient (Wildman–Crippen LogP) is 5.30. The number of hydrogen-bond acceptors (Lipinski definition) is 1. The number of ether oxygens (including phenoxy) is 1. The molecule has 0 atom stereocenters. The first-order valence-corrected chi connectivity index (χ1v) is 7.66. The molecular formula is C17H25FO. The van der Waals surface area contributed by atoms with Crippen LogP contribution in [0.25, 0.3) is 0 Å². The predicted molar refractivity (Wildman–Crippen MR) is 77.2 cm³/mol. The van der Waals surface area contributed by atoms with Gasteiger partial charge in [0.15, 0.2) is 11.6 Å². The van der Waals surface area contributed by atoms with E-state index in [9.17, 15) is 4.39 Å². The van der Waals surface area contributed by atoms with Crippen molar-refractivity contribution in [3.8, 4) is 5.75 Å². The Morgan fingerprint density at radius 1 is 1.16 bits per heavy atom. The van der Waals surface area contributed by atoms with Gasteiger partial charge in [-0.25, -0.2) is 4.39 Å². The molecule has 1 nitrogen and oxygen atoms in total. The molecule has 1 aliphatic carbocycles.